The van der Waals surface area contributed by atoms with Gasteiger partial charge in [-0.25, -0.2) is 0 Å². The van der Waals surface area contributed by atoms with Gasteiger partial charge in [0.1, 0.15) is 0 Å². The summed E-state index contributed by atoms with van der Waals surface area (Å²) in [6.45, 7) is 4.67. The Kier molecular flexibility index (Phi) is 3.32. The molecular formula is C12H16BrNO. The maximum absolute atomic E-state index is 9.03. The molecule has 15 heavy (non-hydrogen) atoms. The molecule has 2 rings (SSSR count). The van der Waals surface area contributed by atoms with Crippen LogP contribution < -0.4 is 4.90 Å². The summed E-state index contributed by atoms with van der Waals surface area (Å²) in [7, 11) is 0. The van der Waals surface area contributed by atoms with E-state index in [9.17, 15) is 0 Å². The predicted molar refractivity (Wildman–Crippen MR) is 66.1 cm³/mol. The fraction of sp³-hybridized carbons (Fsp3) is 0.500. The molecule has 1 fully saturated rings. The first-order valence-corrected chi connectivity index (χ1v) is 6.14. The largest absolute Gasteiger partial charge is 0.392 e. The van der Waals surface area contributed by atoms with Gasteiger partial charge in [-0.05, 0) is 46.0 Å². The van der Waals surface area contributed by atoms with Gasteiger partial charge in [0.2, 0.25) is 0 Å². The Morgan fingerprint density at radius 2 is 2.33 bits per heavy atom. The molecule has 0 bridgehead atoms. The van der Waals surface area contributed by atoms with E-state index in [1.807, 2.05) is 12.1 Å². The van der Waals surface area contributed by atoms with Crippen LogP contribution in [0.5, 0.6) is 0 Å². The van der Waals surface area contributed by atoms with Crippen molar-refractivity contribution in [1.29, 1.82) is 0 Å². The maximum atomic E-state index is 9.03. The lowest BCUT2D eigenvalue weighted by Gasteiger charge is -2.20. The second-order valence-electron chi connectivity index (χ2n) is 4.28. The smallest absolute Gasteiger partial charge is 0.0682 e. The van der Waals surface area contributed by atoms with Gasteiger partial charge in [-0.2, -0.15) is 0 Å². The quantitative estimate of drug-likeness (QED) is 0.893. The summed E-state index contributed by atoms with van der Waals surface area (Å²) >= 11 is 3.57. The fourth-order valence-corrected chi connectivity index (χ4v) is 2.74. The molecule has 1 aromatic rings. The Bertz CT molecular complexity index is 353. The normalized spacial score (nSPS) is 21.0. The minimum absolute atomic E-state index is 0.106. The van der Waals surface area contributed by atoms with Crippen LogP contribution in [0.3, 0.4) is 0 Å². The van der Waals surface area contributed by atoms with Crippen molar-refractivity contribution in [3.05, 3.63) is 28.2 Å². The van der Waals surface area contributed by atoms with Gasteiger partial charge >= 0.3 is 0 Å². The first-order valence-electron chi connectivity index (χ1n) is 5.35. The molecule has 1 atom stereocenters. The minimum Gasteiger partial charge on any atom is -0.392 e. The lowest BCUT2D eigenvalue weighted by Crippen LogP contribution is -2.19. The Hall–Kier alpha value is -0.540. The molecule has 0 radical (unpaired) electrons. The highest BCUT2D eigenvalue weighted by atomic mass is 79.9. The third kappa shape index (κ3) is 2.34. The number of benzene rings is 1. The van der Waals surface area contributed by atoms with E-state index >= 15 is 0 Å². The molecule has 0 aromatic heterocycles. The van der Waals surface area contributed by atoms with Crippen LogP contribution in [0, 0.1) is 5.92 Å². The highest BCUT2D eigenvalue weighted by Gasteiger charge is 2.20. The van der Waals surface area contributed by atoms with Gasteiger partial charge in [0, 0.05) is 17.6 Å². The van der Waals surface area contributed by atoms with Crippen molar-refractivity contribution < 1.29 is 5.11 Å². The molecule has 1 aromatic carbocycles. The number of hydrogen-bond acceptors (Lipinski definition) is 2. The summed E-state index contributed by atoms with van der Waals surface area (Å²) in [5, 5.41) is 9.03. The van der Waals surface area contributed by atoms with Crippen LogP contribution in [0.15, 0.2) is 22.7 Å². The molecule has 1 heterocycles. The van der Waals surface area contributed by atoms with Crippen LogP contribution >= 0.6 is 15.9 Å². The van der Waals surface area contributed by atoms with Crippen molar-refractivity contribution in [2.24, 2.45) is 5.92 Å². The third-order valence-electron chi connectivity index (χ3n) is 2.96. The lowest BCUT2D eigenvalue weighted by molar-refractivity contribution is 0.282. The van der Waals surface area contributed by atoms with E-state index in [-0.39, 0.29) is 6.61 Å². The van der Waals surface area contributed by atoms with Crippen molar-refractivity contribution in [3.63, 3.8) is 0 Å². The van der Waals surface area contributed by atoms with Gasteiger partial charge < -0.3 is 10.0 Å². The van der Waals surface area contributed by atoms with Crippen molar-refractivity contribution in [2.45, 2.75) is 20.0 Å². The number of halogens is 1. The van der Waals surface area contributed by atoms with Crippen LogP contribution in [0.2, 0.25) is 0 Å². The van der Waals surface area contributed by atoms with Crippen molar-refractivity contribution >= 4 is 21.6 Å². The summed E-state index contributed by atoms with van der Waals surface area (Å²) < 4.78 is 1.09. The van der Waals surface area contributed by atoms with E-state index in [0.717, 1.165) is 29.0 Å². The van der Waals surface area contributed by atoms with E-state index in [2.05, 4.69) is 33.8 Å². The van der Waals surface area contributed by atoms with Crippen molar-refractivity contribution in [3.8, 4) is 0 Å². The minimum atomic E-state index is 0.106. The van der Waals surface area contributed by atoms with Crippen LogP contribution in [0.25, 0.3) is 0 Å². The average molecular weight is 270 g/mol. The molecule has 1 unspecified atom stereocenters. The molecule has 2 nitrogen and oxygen atoms in total. The second-order valence-corrected chi connectivity index (χ2v) is 5.14. The van der Waals surface area contributed by atoms with Crippen LogP contribution in [0.1, 0.15) is 18.9 Å². The predicted octanol–water partition coefficient (Wildman–Crippen LogP) is 2.79. The molecule has 0 saturated carbocycles. The SMILES string of the molecule is CC1CCN(c2ccc(CO)cc2Br)C1. The zero-order valence-corrected chi connectivity index (χ0v) is 10.5. The molecule has 82 valence electrons. The van der Waals surface area contributed by atoms with Gasteiger partial charge in [-0.1, -0.05) is 13.0 Å². The molecule has 0 aliphatic carbocycles. The maximum Gasteiger partial charge on any atom is 0.0682 e. The highest BCUT2D eigenvalue weighted by molar-refractivity contribution is 9.10. The van der Waals surface area contributed by atoms with Gasteiger partial charge in [-0.15, -0.1) is 0 Å². The van der Waals surface area contributed by atoms with Crippen LogP contribution in [-0.2, 0) is 6.61 Å². The summed E-state index contributed by atoms with van der Waals surface area (Å²) in [6.07, 6.45) is 1.27. The standard InChI is InChI=1S/C12H16BrNO/c1-9-4-5-14(7-9)12-3-2-10(8-15)6-11(12)13/h2-3,6,9,15H,4-5,7-8H2,1H3. The summed E-state index contributed by atoms with van der Waals surface area (Å²) in [4.78, 5) is 2.40. The number of aliphatic hydroxyl groups is 1. The summed E-state index contributed by atoms with van der Waals surface area (Å²) in [5.41, 5.74) is 2.20. The Labute approximate surface area is 99.0 Å². The first kappa shape index (κ1) is 11.0. The number of aliphatic hydroxyl groups excluding tert-OH is 1. The molecule has 0 spiro atoms. The zero-order chi connectivity index (χ0) is 10.8. The van der Waals surface area contributed by atoms with E-state index in [1.165, 1.54) is 12.1 Å². The van der Waals surface area contributed by atoms with E-state index in [0.29, 0.717) is 0 Å². The van der Waals surface area contributed by atoms with Gasteiger partial charge in [-0.3, -0.25) is 0 Å². The molecule has 1 N–H and O–H groups in total. The van der Waals surface area contributed by atoms with E-state index in [1.54, 1.807) is 0 Å². The monoisotopic (exact) mass is 269 g/mol. The molecular weight excluding hydrogens is 254 g/mol. The topological polar surface area (TPSA) is 23.5 Å². The van der Waals surface area contributed by atoms with Gasteiger partial charge in [0.25, 0.3) is 0 Å². The van der Waals surface area contributed by atoms with Gasteiger partial charge in [0.15, 0.2) is 0 Å². The third-order valence-corrected chi connectivity index (χ3v) is 3.59. The van der Waals surface area contributed by atoms with Crippen LogP contribution in [0.4, 0.5) is 5.69 Å². The fourth-order valence-electron chi connectivity index (χ4n) is 2.06. The lowest BCUT2D eigenvalue weighted by atomic mass is 10.2. The Morgan fingerprint density at radius 3 is 2.87 bits per heavy atom. The van der Waals surface area contributed by atoms with Crippen molar-refractivity contribution in [1.82, 2.24) is 0 Å². The number of nitrogens with zero attached hydrogens (tertiary/aromatic N) is 1. The van der Waals surface area contributed by atoms with E-state index < -0.39 is 0 Å². The second kappa shape index (κ2) is 4.54. The molecule has 1 aliphatic rings. The molecule has 1 saturated heterocycles. The molecule has 0 amide bonds. The first-order chi connectivity index (χ1) is 7.20. The Morgan fingerprint density at radius 1 is 1.53 bits per heavy atom. The number of anilines is 1. The average Bonchev–Trinajstić information content (AvgIpc) is 2.64. The van der Waals surface area contributed by atoms with Crippen LogP contribution in [-0.4, -0.2) is 18.2 Å². The van der Waals surface area contributed by atoms with Gasteiger partial charge in [0.05, 0.1) is 12.3 Å². The highest BCUT2D eigenvalue weighted by Crippen LogP contribution is 2.31. The number of hydrogen-bond donors (Lipinski definition) is 1. The summed E-state index contributed by atoms with van der Waals surface area (Å²) in [6, 6.07) is 6.08. The summed E-state index contributed by atoms with van der Waals surface area (Å²) in [5.74, 6) is 0.786. The Balaban J connectivity index is 2.21. The van der Waals surface area contributed by atoms with E-state index in [4.69, 9.17) is 5.11 Å². The zero-order valence-electron chi connectivity index (χ0n) is 8.91. The number of rotatable bonds is 2. The molecule has 1 aliphatic heterocycles. The van der Waals surface area contributed by atoms with Crippen molar-refractivity contribution in [2.75, 3.05) is 18.0 Å². The molecule has 3 heteroatoms.